The number of carbonyl (C=O) groups excluding carboxylic acids is 2. The lowest BCUT2D eigenvalue weighted by Gasteiger charge is -2.30. The molecule has 4 aliphatic heterocycles. The van der Waals surface area contributed by atoms with Crippen LogP contribution in [0.2, 0.25) is 5.02 Å². The fourth-order valence-electron chi connectivity index (χ4n) is 9.18. The first-order valence-electron chi connectivity index (χ1n) is 28.0. The van der Waals surface area contributed by atoms with Crippen molar-refractivity contribution in [3.05, 3.63) is 180 Å². The molecular weight excluding hydrogens is 1170 g/mol. The van der Waals surface area contributed by atoms with Crippen molar-refractivity contribution in [2.24, 2.45) is 0 Å². The average Bonchev–Trinajstić information content (AvgIpc) is 3.63. The second-order valence-electron chi connectivity index (χ2n) is 19.8. The molecule has 4 aliphatic rings. The number of anilines is 5. The van der Waals surface area contributed by atoms with Crippen molar-refractivity contribution >= 4 is 110 Å². The maximum Gasteiger partial charge on any atom is 0.292 e. The largest absolute Gasteiger partial charge is 0.400 e. The molecule has 2 aromatic heterocycles. The first-order valence-corrected chi connectivity index (χ1v) is 29.8. The van der Waals surface area contributed by atoms with E-state index in [9.17, 15) is 29.8 Å². The van der Waals surface area contributed by atoms with Gasteiger partial charge < -0.3 is 36.2 Å². The lowest BCUT2D eigenvalue weighted by atomic mass is 10.1. The Bertz CT molecular complexity index is 2850. The Morgan fingerprint density at radius 1 is 0.560 bits per heavy atom. The zero-order valence-corrected chi connectivity index (χ0v) is 52.8. The van der Waals surface area contributed by atoms with Crippen LogP contribution in [0.5, 0.6) is 0 Å². The highest BCUT2D eigenvalue weighted by Gasteiger charge is 2.21. The summed E-state index contributed by atoms with van der Waals surface area (Å²) >= 11 is 20.2. The summed E-state index contributed by atoms with van der Waals surface area (Å²) in [6.07, 6.45) is 21.7. The Morgan fingerprint density at radius 3 is 1.32 bits per heavy atom. The minimum absolute atomic E-state index is 0. The van der Waals surface area contributed by atoms with Gasteiger partial charge in [-0.25, -0.2) is 0 Å². The Morgan fingerprint density at radius 2 is 0.929 bits per heavy atom. The number of amides is 1. The van der Waals surface area contributed by atoms with Crippen LogP contribution in [0, 0.1) is 47.9 Å². The molecule has 0 aliphatic carbocycles. The van der Waals surface area contributed by atoms with Gasteiger partial charge in [-0.05, 0) is 206 Å². The summed E-state index contributed by atoms with van der Waals surface area (Å²) in [7, 11) is 1.00. The molecule has 10 rings (SSSR count). The van der Waals surface area contributed by atoms with E-state index >= 15 is 0 Å². The van der Waals surface area contributed by atoms with Crippen LogP contribution < -0.4 is 31.1 Å². The number of nitrogens with one attached hydrogen (secondary N) is 2. The number of nitrogen functional groups attached to an aromatic ring is 1. The van der Waals surface area contributed by atoms with Crippen LogP contribution in [0.25, 0.3) is 0 Å². The van der Waals surface area contributed by atoms with Gasteiger partial charge >= 0.3 is 0 Å². The molecule has 458 valence electrons. The van der Waals surface area contributed by atoms with E-state index in [4.69, 9.17) is 57.2 Å². The van der Waals surface area contributed by atoms with E-state index < -0.39 is 10.2 Å². The van der Waals surface area contributed by atoms with Crippen LogP contribution in [-0.4, -0.2) is 101 Å². The lowest BCUT2D eigenvalue weighted by Crippen LogP contribution is -2.30. The molecule has 17 nitrogen and oxygen atoms in total. The van der Waals surface area contributed by atoms with E-state index in [1.54, 1.807) is 55.7 Å². The van der Waals surface area contributed by atoms with Gasteiger partial charge in [0.25, 0.3) is 22.5 Å². The van der Waals surface area contributed by atoms with Crippen LogP contribution in [0.15, 0.2) is 122 Å². The number of carbonyl (C=O) groups is 2. The van der Waals surface area contributed by atoms with Crippen molar-refractivity contribution in [1.29, 1.82) is 0 Å². The Labute approximate surface area is 522 Å². The molecule has 5 N–H and O–H groups in total. The third-order valence-electron chi connectivity index (χ3n) is 13.4. The molecule has 4 saturated heterocycles. The van der Waals surface area contributed by atoms with Crippen molar-refractivity contribution in [1.82, 2.24) is 15.3 Å². The minimum Gasteiger partial charge on any atom is -0.400 e. The van der Waals surface area contributed by atoms with Gasteiger partial charge in [-0.15, -0.1) is 35.6 Å². The first kappa shape index (κ1) is 73.8. The Hall–Kier alpha value is -6.31. The van der Waals surface area contributed by atoms with Crippen LogP contribution in [0.3, 0.4) is 0 Å². The zero-order valence-electron chi connectivity index (χ0n) is 48.9. The van der Waals surface area contributed by atoms with Crippen LogP contribution in [0.4, 0.5) is 39.8 Å². The highest BCUT2D eigenvalue weighted by atomic mass is 35.5. The van der Waals surface area contributed by atoms with E-state index in [-0.39, 0.29) is 45.0 Å². The number of nitrogens with zero attached hydrogens (tertiary/aromatic N) is 7. The number of aliphatic hydroxyl groups is 1. The Kier molecular flexibility index (Phi) is 37.3. The molecule has 6 aromatic rings. The van der Waals surface area contributed by atoms with Crippen LogP contribution in [0.1, 0.15) is 120 Å². The maximum absolute atomic E-state index is 12.4. The maximum atomic E-state index is 12.4. The number of nitro groups is 2. The predicted octanol–water partition coefficient (Wildman–Crippen LogP) is 15.3. The summed E-state index contributed by atoms with van der Waals surface area (Å²) < 4.78 is 0. The number of hydrogen-bond donors (Lipinski definition) is 4. The van der Waals surface area contributed by atoms with Gasteiger partial charge in [-0.1, -0.05) is 42.3 Å². The van der Waals surface area contributed by atoms with Crippen molar-refractivity contribution in [3.8, 4) is 0 Å². The number of nitrogens with two attached hydrogens (primary N) is 1. The fourth-order valence-corrected chi connectivity index (χ4v) is 9.50. The lowest BCUT2D eigenvalue weighted by molar-refractivity contribution is -0.384. The quantitative estimate of drug-likeness (QED) is 0.0366. The average molecular weight is 1260 g/mol. The molecule has 0 saturated carbocycles. The van der Waals surface area contributed by atoms with Gasteiger partial charge in [0.1, 0.15) is 10.7 Å². The summed E-state index contributed by atoms with van der Waals surface area (Å²) in [6.45, 7) is 16.6. The second kappa shape index (κ2) is 42.5. The molecule has 84 heavy (non-hydrogen) atoms. The van der Waals surface area contributed by atoms with E-state index in [0.717, 1.165) is 98.7 Å². The topological polar surface area (TPSA) is 226 Å². The number of nitro benzene ring substituents is 2. The number of hydrogen-bond acceptors (Lipinski definition) is 14. The highest BCUT2D eigenvalue weighted by molar-refractivity contribution is 6.67. The molecule has 4 fully saturated rings. The van der Waals surface area contributed by atoms with Crippen molar-refractivity contribution in [2.75, 3.05) is 90.6 Å². The SMILES string of the molecule is C1CCNCC1.CO.Cc1ccc(Cl)c([N+](=O)[O-])c1.Cc1ccc(N2CCCCC2)c(N)c1.Cc1ccc(N2CCCCC2)c(NC(=O)c2ccncc2)c1.Cc1ccc(N2CCCCC2)c([N+](=O)[O-])c1.Cl.ClCCl.O=C(Cl)c1ccncc1. The number of benzene rings is 4. The van der Waals surface area contributed by atoms with Gasteiger partial charge in [-0.3, -0.25) is 39.8 Å². The van der Waals surface area contributed by atoms with Crippen molar-refractivity contribution in [2.45, 2.75) is 105 Å². The number of halogens is 5. The van der Waals surface area contributed by atoms with Gasteiger partial charge in [0, 0.05) is 94.4 Å². The minimum atomic E-state index is -0.491. The van der Waals surface area contributed by atoms with Crippen molar-refractivity contribution in [3.63, 3.8) is 0 Å². The molecule has 0 unspecified atom stereocenters. The van der Waals surface area contributed by atoms with Gasteiger partial charge in [0.15, 0.2) is 0 Å². The number of pyridine rings is 2. The van der Waals surface area contributed by atoms with E-state index in [1.165, 1.54) is 113 Å². The molecular formula is C62H83Cl5N10O7. The zero-order chi connectivity index (χ0) is 60.9. The van der Waals surface area contributed by atoms with Gasteiger partial charge in [-0.2, -0.15) is 0 Å². The van der Waals surface area contributed by atoms with E-state index in [2.05, 4.69) is 72.6 Å². The third kappa shape index (κ3) is 27.6. The summed E-state index contributed by atoms with van der Waals surface area (Å²) in [5, 5.41) is 34.6. The number of alkyl halides is 2. The highest BCUT2D eigenvalue weighted by Crippen LogP contribution is 2.33. The molecule has 0 bridgehead atoms. The molecule has 4 aromatic carbocycles. The number of aliphatic hydroxyl groups excluding tert-OH is 1. The molecule has 22 heteroatoms. The smallest absolute Gasteiger partial charge is 0.292 e. The number of aryl methyl sites for hydroxylation is 4. The second-order valence-corrected chi connectivity index (χ2v) is 21.4. The van der Waals surface area contributed by atoms with Gasteiger partial charge in [0.2, 0.25) is 0 Å². The molecule has 0 spiro atoms. The third-order valence-corrected chi connectivity index (χ3v) is 13.9. The Balaban J connectivity index is 0.000000350. The summed E-state index contributed by atoms with van der Waals surface area (Å²) in [4.78, 5) is 57.9. The number of aromatic nitrogens is 2. The van der Waals surface area contributed by atoms with Crippen LogP contribution >= 0.6 is 58.8 Å². The van der Waals surface area contributed by atoms with E-state index in [0.29, 0.717) is 11.1 Å². The van der Waals surface area contributed by atoms with Crippen molar-refractivity contribution < 1.29 is 24.5 Å². The summed E-state index contributed by atoms with van der Waals surface area (Å²) in [5.74, 6) is -0.0914. The molecule has 1 amide bonds. The normalized spacial score (nSPS) is 14.0. The monoisotopic (exact) mass is 1250 g/mol. The van der Waals surface area contributed by atoms with E-state index in [1.807, 2.05) is 32.0 Å². The standard InChI is InChI=1S/C18H21N3O.C12H16N2O2.C12H18N2.C7H6ClNO2.C6H4ClNO.C5H11N.CH2Cl2.CH4O.ClH/c1-14-5-6-17(21-11-3-2-4-12-21)16(13-14)20-18(22)15-7-9-19-10-8-15;1-10-5-6-11(12(9-10)14(15)16)13-7-3-2-4-8-13;1-10-5-6-12(11(13)9-10)14-7-3-2-4-8-14;1-5-2-3-6(8)7(4-5)9(10)11;7-6(9)5-1-3-8-4-2-5;1-2-4-6-5-3-1;2-1-3;1-2;/h5-10,13H,2-4,11-12H2,1H3,(H,20,22);5-6,9H,2-4,7-8H2,1H3;5-6,9H,2-4,7-8,13H2,1H3;2-4H,1H3;1-4H;6H,1-5H2;1H2;2H,1H3;1H. The first-order chi connectivity index (χ1) is 40.0. The summed E-state index contributed by atoms with van der Waals surface area (Å²) in [5.41, 5.74) is 16.4. The summed E-state index contributed by atoms with van der Waals surface area (Å²) in [6, 6.07) is 29.4. The molecule has 0 radical (unpaired) electrons. The van der Waals surface area contributed by atoms with Gasteiger partial charge in [0.05, 0.1) is 37.9 Å². The molecule has 0 atom stereocenters. The number of rotatable bonds is 8. The fraction of sp³-hybridized carbons (Fsp3) is 0.419. The predicted molar refractivity (Wildman–Crippen MR) is 351 cm³/mol. The molecule has 6 heterocycles. The number of piperidine rings is 4. The van der Waals surface area contributed by atoms with Crippen LogP contribution in [-0.2, 0) is 0 Å².